The van der Waals surface area contributed by atoms with Crippen LogP contribution in [0.4, 0.5) is 0 Å². The van der Waals surface area contributed by atoms with Gasteiger partial charge in [0.1, 0.15) is 0 Å². The third-order valence-corrected chi connectivity index (χ3v) is 3.13. The molecule has 0 saturated heterocycles. The van der Waals surface area contributed by atoms with Crippen molar-refractivity contribution in [1.82, 2.24) is 10.3 Å². The zero-order valence-corrected chi connectivity index (χ0v) is 10.1. The second-order valence-electron chi connectivity index (χ2n) is 3.72. The van der Waals surface area contributed by atoms with E-state index >= 15 is 0 Å². The molecule has 0 fully saturated rings. The molecule has 1 aromatic carbocycles. The van der Waals surface area contributed by atoms with E-state index in [1.165, 1.54) is 12.1 Å². The minimum Gasteiger partial charge on any atom is -0.504 e. The number of H-pyrrole nitrogens is 1. The molecule has 2 rings (SSSR count). The number of rotatable bonds is 4. The van der Waals surface area contributed by atoms with Gasteiger partial charge in [-0.05, 0) is 6.07 Å². The lowest BCUT2D eigenvalue weighted by Crippen LogP contribution is -2.13. The highest BCUT2D eigenvalue weighted by atomic mass is 32.1. The molecule has 7 heteroatoms. The number of aromatic amines is 1. The van der Waals surface area contributed by atoms with Crippen LogP contribution in [0.3, 0.4) is 0 Å². The van der Waals surface area contributed by atoms with Gasteiger partial charge >= 0.3 is 4.87 Å². The normalized spacial score (nSPS) is 10.7. The molecule has 18 heavy (non-hydrogen) atoms. The molecule has 0 saturated carbocycles. The zero-order chi connectivity index (χ0) is 13.1. The lowest BCUT2D eigenvalue weighted by molar-refractivity contribution is 0.364. The summed E-state index contributed by atoms with van der Waals surface area (Å²) in [7, 11) is 0. The Morgan fingerprint density at radius 3 is 2.61 bits per heavy atom. The quantitative estimate of drug-likeness (QED) is 0.528. The predicted molar refractivity (Wildman–Crippen MR) is 66.9 cm³/mol. The molecule has 0 spiro atoms. The van der Waals surface area contributed by atoms with E-state index in [9.17, 15) is 15.0 Å². The molecule has 1 heterocycles. The Morgan fingerprint density at radius 2 is 1.94 bits per heavy atom. The highest BCUT2D eigenvalue weighted by Gasteiger charge is 2.10. The molecule has 0 amide bonds. The third kappa shape index (κ3) is 2.63. The van der Waals surface area contributed by atoms with Crippen LogP contribution in [0, 0.1) is 0 Å². The van der Waals surface area contributed by atoms with Crippen LogP contribution in [0.15, 0.2) is 22.3 Å². The monoisotopic (exact) mass is 268 g/mol. The molecule has 1 aromatic heterocycles. The molecule has 2 aromatic rings. The summed E-state index contributed by atoms with van der Waals surface area (Å²) in [6.45, 7) is 0.747. The van der Waals surface area contributed by atoms with Crippen LogP contribution in [-0.2, 0) is 13.1 Å². The van der Waals surface area contributed by atoms with Gasteiger partial charge in [-0.1, -0.05) is 17.4 Å². The van der Waals surface area contributed by atoms with E-state index in [-0.39, 0.29) is 16.4 Å². The average molecular weight is 268 g/mol. The topological polar surface area (TPSA) is 106 Å². The maximum absolute atomic E-state index is 10.9. The van der Waals surface area contributed by atoms with Crippen LogP contribution in [0.2, 0.25) is 0 Å². The Hall–Kier alpha value is -1.99. The number of aromatic hydroxyl groups is 3. The Balaban J connectivity index is 1.98. The van der Waals surface area contributed by atoms with Gasteiger partial charge in [0.25, 0.3) is 0 Å². The number of phenols is 3. The predicted octanol–water partition coefficient (Wildman–Crippen LogP) is 0.843. The maximum atomic E-state index is 10.9. The van der Waals surface area contributed by atoms with Gasteiger partial charge in [0.05, 0.1) is 0 Å². The average Bonchev–Trinajstić information content (AvgIpc) is 2.75. The van der Waals surface area contributed by atoms with Crippen molar-refractivity contribution in [3.63, 3.8) is 0 Å². The van der Waals surface area contributed by atoms with Crippen LogP contribution < -0.4 is 10.2 Å². The van der Waals surface area contributed by atoms with Gasteiger partial charge in [0.2, 0.25) is 5.75 Å². The van der Waals surface area contributed by atoms with Crippen LogP contribution in [-0.4, -0.2) is 20.3 Å². The molecular formula is C11H12N2O4S. The van der Waals surface area contributed by atoms with Gasteiger partial charge in [-0.25, -0.2) is 0 Å². The van der Waals surface area contributed by atoms with Crippen molar-refractivity contribution in [3.8, 4) is 17.2 Å². The summed E-state index contributed by atoms with van der Waals surface area (Å²) in [6, 6.07) is 2.81. The van der Waals surface area contributed by atoms with Crippen LogP contribution in [0.25, 0.3) is 0 Å². The van der Waals surface area contributed by atoms with E-state index < -0.39 is 5.75 Å². The van der Waals surface area contributed by atoms with Crippen molar-refractivity contribution in [2.45, 2.75) is 13.1 Å². The van der Waals surface area contributed by atoms with E-state index in [1.54, 1.807) is 5.38 Å². The SMILES string of the molecule is O=c1[nH]c(CNCc2ccc(O)c(O)c2O)cs1. The van der Waals surface area contributed by atoms with Crippen LogP contribution >= 0.6 is 11.3 Å². The maximum Gasteiger partial charge on any atom is 0.304 e. The van der Waals surface area contributed by atoms with Crippen molar-refractivity contribution in [2.24, 2.45) is 0 Å². The summed E-state index contributed by atoms with van der Waals surface area (Å²) in [5, 5.41) is 32.8. The largest absolute Gasteiger partial charge is 0.504 e. The summed E-state index contributed by atoms with van der Waals surface area (Å²) < 4.78 is 0. The van der Waals surface area contributed by atoms with Crippen molar-refractivity contribution < 1.29 is 15.3 Å². The van der Waals surface area contributed by atoms with E-state index in [2.05, 4.69) is 10.3 Å². The number of nitrogens with one attached hydrogen (secondary N) is 2. The van der Waals surface area contributed by atoms with Gasteiger partial charge in [-0.3, -0.25) is 4.79 Å². The van der Waals surface area contributed by atoms with Gasteiger partial charge in [0.15, 0.2) is 11.5 Å². The smallest absolute Gasteiger partial charge is 0.304 e. The van der Waals surface area contributed by atoms with Crippen LogP contribution in [0.1, 0.15) is 11.3 Å². The fourth-order valence-corrected chi connectivity index (χ4v) is 2.07. The van der Waals surface area contributed by atoms with Crippen LogP contribution in [0.5, 0.6) is 17.2 Å². The Bertz CT molecular complexity index is 605. The first-order chi connectivity index (χ1) is 8.58. The number of thiazole rings is 1. The molecule has 0 aliphatic rings. The summed E-state index contributed by atoms with van der Waals surface area (Å²) >= 11 is 1.08. The van der Waals surface area contributed by atoms with Crippen molar-refractivity contribution in [3.05, 3.63) is 38.4 Å². The lowest BCUT2D eigenvalue weighted by atomic mass is 10.1. The second kappa shape index (κ2) is 5.11. The Morgan fingerprint density at radius 1 is 1.17 bits per heavy atom. The number of hydrogen-bond donors (Lipinski definition) is 5. The summed E-state index contributed by atoms with van der Waals surface area (Å²) in [6.07, 6.45) is 0. The Labute approximate surface area is 106 Å². The summed E-state index contributed by atoms with van der Waals surface area (Å²) in [5.41, 5.74) is 1.22. The van der Waals surface area contributed by atoms with E-state index in [0.717, 1.165) is 17.0 Å². The number of benzene rings is 1. The summed E-state index contributed by atoms with van der Waals surface area (Å²) in [5.74, 6) is -1.24. The molecule has 0 unspecified atom stereocenters. The molecular weight excluding hydrogens is 256 g/mol. The van der Waals surface area contributed by atoms with E-state index in [0.29, 0.717) is 18.7 Å². The molecule has 0 radical (unpaired) electrons. The van der Waals surface area contributed by atoms with Crippen molar-refractivity contribution in [1.29, 1.82) is 0 Å². The molecule has 0 aliphatic carbocycles. The highest BCUT2D eigenvalue weighted by Crippen LogP contribution is 2.36. The first-order valence-electron chi connectivity index (χ1n) is 5.18. The van der Waals surface area contributed by atoms with E-state index in [1.807, 2.05) is 0 Å². The first kappa shape index (κ1) is 12.5. The fraction of sp³-hybridized carbons (Fsp3) is 0.182. The number of phenolic OH excluding ortho intramolecular Hbond substituents is 3. The van der Waals surface area contributed by atoms with Gasteiger partial charge in [0, 0.05) is 29.7 Å². The minimum atomic E-state index is -0.529. The molecule has 0 atom stereocenters. The number of hydrogen-bond acceptors (Lipinski definition) is 6. The van der Waals surface area contributed by atoms with Gasteiger partial charge in [-0.2, -0.15) is 0 Å². The fourth-order valence-electron chi connectivity index (χ4n) is 1.49. The molecule has 0 aliphatic heterocycles. The van der Waals surface area contributed by atoms with Crippen molar-refractivity contribution >= 4 is 11.3 Å². The van der Waals surface area contributed by atoms with Gasteiger partial charge < -0.3 is 25.6 Å². The molecule has 6 nitrogen and oxygen atoms in total. The second-order valence-corrected chi connectivity index (χ2v) is 4.56. The van der Waals surface area contributed by atoms with Gasteiger partial charge in [-0.15, -0.1) is 0 Å². The zero-order valence-electron chi connectivity index (χ0n) is 9.30. The molecule has 5 N–H and O–H groups in total. The first-order valence-corrected chi connectivity index (χ1v) is 6.06. The molecule has 96 valence electrons. The minimum absolute atomic E-state index is 0.114. The third-order valence-electron chi connectivity index (χ3n) is 2.42. The van der Waals surface area contributed by atoms with E-state index in [4.69, 9.17) is 5.11 Å². The Kier molecular flexibility index (Phi) is 3.54. The van der Waals surface area contributed by atoms with Crippen molar-refractivity contribution in [2.75, 3.05) is 0 Å². The lowest BCUT2D eigenvalue weighted by Gasteiger charge is -2.08. The standard InChI is InChI=1S/C11H12N2O4S/c14-8-2-1-6(9(15)10(8)16)3-12-4-7-5-18-11(17)13-7/h1-2,5,12,14-16H,3-4H2,(H,13,17). The number of aromatic nitrogens is 1. The highest BCUT2D eigenvalue weighted by molar-refractivity contribution is 7.07. The summed E-state index contributed by atoms with van der Waals surface area (Å²) in [4.78, 5) is 13.4. The molecule has 0 bridgehead atoms.